The summed E-state index contributed by atoms with van der Waals surface area (Å²) in [5.74, 6) is -127. The summed E-state index contributed by atoms with van der Waals surface area (Å²) < 4.78 is 530. The van der Waals surface area contributed by atoms with Crippen LogP contribution < -0.4 is 0 Å². The molecule has 0 spiro atoms. The molecule has 0 nitrogen and oxygen atoms in total. The fourth-order valence-electron chi connectivity index (χ4n) is 5.09. The molecule has 67 heavy (non-hydrogen) atoms. The molecule has 0 bridgehead atoms. The lowest BCUT2D eigenvalue weighted by molar-refractivity contribution is -0.440. The van der Waals surface area contributed by atoms with Crippen LogP contribution in [0.15, 0.2) is 0 Å². The second-order valence-electron chi connectivity index (χ2n) is 13.9. The van der Waals surface area contributed by atoms with Crippen molar-refractivity contribution >= 4 is 30.7 Å². The first-order valence-corrected chi connectivity index (χ1v) is 20.2. The van der Waals surface area contributed by atoms with Crippen molar-refractivity contribution in [1.29, 1.82) is 0 Å². The average Bonchev–Trinajstić information content (AvgIpc) is 3.09. The quantitative estimate of drug-likeness (QED) is 0.0414. The van der Waals surface area contributed by atoms with E-state index in [2.05, 4.69) is 0 Å². The van der Waals surface area contributed by atoms with E-state index in [0.717, 1.165) is 0 Å². The maximum absolute atomic E-state index is 14.7. The lowest BCUT2D eigenvalue weighted by Gasteiger charge is -2.43. The van der Waals surface area contributed by atoms with Gasteiger partial charge in [-0.05, 0) is 10.5 Å². The zero-order valence-corrected chi connectivity index (χ0v) is 33.4. The molecule has 0 heterocycles. The van der Waals surface area contributed by atoms with Crippen LogP contribution in [0.25, 0.3) is 0 Å². The molecule has 0 aromatic carbocycles. The Labute approximate surface area is 357 Å². The highest BCUT2D eigenvalue weighted by Crippen LogP contribution is 2.65. The van der Waals surface area contributed by atoms with Crippen LogP contribution in [0.2, 0.25) is 24.2 Å². The first-order chi connectivity index (χ1) is 28.4. The molecule has 0 aromatic heterocycles. The van der Waals surface area contributed by atoms with Gasteiger partial charge in [-0.1, -0.05) is 40.7 Å². The molecular weight excluding hydrogens is 1210 g/mol. The predicted octanol–water partition coefficient (Wildman–Crippen LogP) is 16.3. The lowest BCUT2D eigenvalue weighted by Crippen LogP contribution is -2.70. The SMILES string of the molecule is FC(F)(F)C(F)(F)C(F)(F)C(F)(F)C(F)(F)C(F)(F)CC[Si](CCI)(CCC(F)(F)C(F)(F)C(F)(F)C(F)(F)C(F)(F)C(F)(F)F)CCC(F)(F)C(F)(F)C(F)(F)C(F)(F)C(F)(F)C(F)(F)F. The first kappa shape index (κ1) is 65.2. The van der Waals surface area contributed by atoms with E-state index in [4.69, 9.17) is 0 Å². The van der Waals surface area contributed by atoms with Crippen molar-refractivity contribution in [3.8, 4) is 0 Å². The van der Waals surface area contributed by atoms with Crippen LogP contribution in [0, 0.1) is 0 Å². The third-order valence-corrected chi connectivity index (χ3v) is 16.3. The second-order valence-corrected chi connectivity index (χ2v) is 20.0. The van der Waals surface area contributed by atoms with E-state index in [-0.39, 0.29) is 0 Å². The minimum absolute atomic E-state index is 0.562. The fraction of sp³-hybridized carbons (Fsp3) is 1.00. The molecular formula is C26H16F39ISi. The minimum atomic E-state index is -8.83. The summed E-state index contributed by atoms with van der Waals surface area (Å²) in [7, 11) is -6.61. The van der Waals surface area contributed by atoms with Gasteiger partial charge in [0.1, 0.15) is 0 Å². The number of rotatable bonds is 23. The second kappa shape index (κ2) is 17.8. The third kappa shape index (κ3) is 9.93. The Hall–Kier alpha value is -1.78. The number of alkyl halides is 40. The summed E-state index contributed by atoms with van der Waals surface area (Å²) in [6, 6.07) is -11.6. The lowest BCUT2D eigenvalue weighted by atomic mass is 9.93. The average molecular weight is 1220 g/mol. The summed E-state index contributed by atoms with van der Waals surface area (Å²) in [4.78, 5) is 0. The van der Waals surface area contributed by atoms with Crippen molar-refractivity contribution in [2.24, 2.45) is 0 Å². The molecule has 0 aromatic rings. The van der Waals surface area contributed by atoms with Gasteiger partial charge in [-0.3, -0.25) is 0 Å². The van der Waals surface area contributed by atoms with Gasteiger partial charge in [0.15, 0.2) is 0 Å². The predicted molar refractivity (Wildman–Crippen MR) is 150 cm³/mol. The molecule has 0 fully saturated rings. The molecule has 0 radical (unpaired) electrons. The van der Waals surface area contributed by atoms with Crippen LogP contribution in [0.1, 0.15) is 19.3 Å². The Morgan fingerprint density at radius 1 is 0.209 bits per heavy atom. The molecule has 0 aliphatic carbocycles. The first-order valence-electron chi connectivity index (χ1n) is 15.9. The van der Waals surface area contributed by atoms with Crippen LogP contribution in [-0.2, 0) is 0 Å². The maximum atomic E-state index is 14.7. The van der Waals surface area contributed by atoms with Crippen molar-refractivity contribution in [2.45, 2.75) is 151 Å². The molecule has 0 atom stereocenters. The standard InChI is InChI=1S/C26H16F39ISi/c27-9(28,12(33,34)15(39,40)18(45,46)21(51,52)24(57,58)59)1-5-67(8-4-66,6-2-10(29,30)13(35,36)16(41,42)19(47,48)22(53,54)25(60,61)62)7-3-11(31,32)14(37,38)17(43,44)20(49,50)23(55,56)26(63,64)65/h1-8H2. The van der Waals surface area contributed by atoms with Crippen LogP contribution >= 0.6 is 22.6 Å². The van der Waals surface area contributed by atoms with E-state index in [1.54, 1.807) is 0 Å². The highest BCUT2D eigenvalue weighted by molar-refractivity contribution is 14.1. The molecule has 0 aliphatic heterocycles. The molecule has 0 rings (SSSR count). The Balaban J connectivity index is 8.00. The minimum Gasteiger partial charge on any atom is -0.200 e. The Kier molecular flexibility index (Phi) is 17.3. The van der Waals surface area contributed by atoms with Crippen molar-refractivity contribution in [3.63, 3.8) is 0 Å². The van der Waals surface area contributed by atoms with Gasteiger partial charge in [0.2, 0.25) is 0 Å². The van der Waals surface area contributed by atoms with E-state index < -0.39 is 163 Å². The monoisotopic (exact) mass is 1220 g/mol. The summed E-state index contributed by atoms with van der Waals surface area (Å²) in [5, 5.41) is 0. The third-order valence-electron chi connectivity index (χ3n) is 9.53. The molecule has 404 valence electrons. The Bertz CT molecular complexity index is 1490. The normalized spacial score (nSPS) is 16.8. The van der Waals surface area contributed by atoms with E-state index in [1.807, 2.05) is 0 Å². The van der Waals surface area contributed by atoms with Crippen molar-refractivity contribution in [1.82, 2.24) is 0 Å². The molecule has 0 saturated carbocycles. The van der Waals surface area contributed by atoms with E-state index in [9.17, 15) is 171 Å². The summed E-state index contributed by atoms with van der Waals surface area (Å²) in [6.07, 6.45) is -36.2. The molecule has 0 amide bonds. The molecule has 41 heteroatoms. The zero-order valence-electron chi connectivity index (χ0n) is 30.3. The Morgan fingerprint density at radius 2 is 0.358 bits per heavy atom. The molecule has 0 N–H and O–H groups in total. The Morgan fingerprint density at radius 3 is 0.493 bits per heavy atom. The topological polar surface area (TPSA) is 0 Å². The molecule has 0 saturated heterocycles. The summed E-state index contributed by atoms with van der Waals surface area (Å²) >= 11 is 0.562. The number of hydrogen-bond donors (Lipinski definition) is 0. The number of hydrogen-bond acceptors (Lipinski definition) is 0. The van der Waals surface area contributed by atoms with Gasteiger partial charge in [-0.2, -0.15) is 171 Å². The largest absolute Gasteiger partial charge is 0.460 e. The van der Waals surface area contributed by atoms with Crippen LogP contribution in [0.5, 0.6) is 0 Å². The number of halogens is 40. The molecule has 0 aliphatic rings. The smallest absolute Gasteiger partial charge is 0.200 e. The molecule has 0 unspecified atom stereocenters. The van der Waals surface area contributed by atoms with Gasteiger partial charge in [0.25, 0.3) is 0 Å². The van der Waals surface area contributed by atoms with E-state index in [0.29, 0.717) is 22.6 Å². The van der Waals surface area contributed by atoms with Gasteiger partial charge in [0, 0.05) is 19.3 Å². The van der Waals surface area contributed by atoms with Crippen LogP contribution in [0.4, 0.5) is 171 Å². The van der Waals surface area contributed by atoms with Gasteiger partial charge in [0.05, 0.1) is 8.07 Å². The van der Waals surface area contributed by atoms with Crippen LogP contribution in [0.3, 0.4) is 0 Å². The van der Waals surface area contributed by atoms with Crippen molar-refractivity contribution in [3.05, 3.63) is 0 Å². The van der Waals surface area contributed by atoms with Crippen molar-refractivity contribution < 1.29 is 171 Å². The van der Waals surface area contributed by atoms with Crippen LogP contribution in [-0.4, -0.2) is 120 Å². The van der Waals surface area contributed by atoms with Gasteiger partial charge in [-0.15, -0.1) is 0 Å². The summed E-state index contributed by atoms with van der Waals surface area (Å²) in [5.41, 5.74) is 0. The fourth-order valence-corrected chi connectivity index (χ4v) is 13.0. The van der Waals surface area contributed by atoms with Crippen molar-refractivity contribution in [2.75, 3.05) is 4.43 Å². The highest BCUT2D eigenvalue weighted by atomic mass is 127. The maximum Gasteiger partial charge on any atom is 0.460 e. The van der Waals surface area contributed by atoms with E-state index in [1.165, 1.54) is 0 Å². The zero-order chi connectivity index (χ0) is 55.2. The highest BCUT2D eigenvalue weighted by Gasteiger charge is 2.93. The van der Waals surface area contributed by atoms with Gasteiger partial charge < -0.3 is 0 Å². The van der Waals surface area contributed by atoms with Gasteiger partial charge >= 0.3 is 107 Å². The summed E-state index contributed by atoms with van der Waals surface area (Å²) in [6.45, 7) is 0. The van der Waals surface area contributed by atoms with Gasteiger partial charge in [-0.25, -0.2) is 0 Å². The van der Waals surface area contributed by atoms with E-state index >= 15 is 0 Å².